The van der Waals surface area contributed by atoms with E-state index < -0.39 is 10.0 Å². The lowest BCUT2D eigenvalue weighted by Crippen LogP contribution is -2.14. The summed E-state index contributed by atoms with van der Waals surface area (Å²) in [6.07, 6.45) is 4.75. The first-order valence-electron chi connectivity index (χ1n) is 9.69. The summed E-state index contributed by atoms with van der Waals surface area (Å²) in [6, 6.07) is 13.9. The average Bonchev–Trinajstić information content (AvgIpc) is 3.15. The highest BCUT2D eigenvalue weighted by Gasteiger charge is 2.23. The third-order valence-electron chi connectivity index (χ3n) is 5.25. The maximum atomic E-state index is 12.6. The van der Waals surface area contributed by atoms with E-state index in [9.17, 15) is 8.42 Å². The molecule has 0 amide bonds. The van der Waals surface area contributed by atoms with E-state index in [1.807, 2.05) is 17.6 Å². The van der Waals surface area contributed by atoms with E-state index in [-0.39, 0.29) is 4.90 Å². The van der Waals surface area contributed by atoms with Crippen molar-refractivity contribution in [1.29, 1.82) is 0 Å². The van der Waals surface area contributed by atoms with Crippen LogP contribution in [0.2, 0.25) is 5.02 Å². The maximum Gasteiger partial charge on any atom is 0.261 e. The Labute approximate surface area is 184 Å². The summed E-state index contributed by atoms with van der Waals surface area (Å²) in [5.41, 5.74) is 4.01. The molecule has 0 radical (unpaired) electrons. The molecule has 1 N–H and O–H groups in total. The molecule has 0 fully saturated rings. The van der Waals surface area contributed by atoms with Crippen molar-refractivity contribution in [2.75, 3.05) is 4.72 Å². The SMILES string of the molecule is Cc1nnc2n1-c1c(Cl)cc(-c3cncc(NS(=O)(=O)c4ccccc4)c3)cc1CC2. The molecule has 2 aromatic heterocycles. The van der Waals surface area contributed by atoms with Crippen LogP contribution in [0.25, 0.3) is 16.8 Å². The lowest BCUT2D eigenvalue weighted by atomic mass is 9.97. The number of benzene rings is 2. The zero-order valence-corrected chi connectivity index (χ0v) is 18.2. The minimum atomic E-state index is -3.70. The number of halogens is 1. The van der Waals surface area contributed by atoms with Crippen molar-refractivity contribution in [3.05, 3.63) is 83.2 Å². The van der Waals surface area contributed by atoms with E-state index in [1.165, 1.54) is 6.20 Å². The summed E-state index contributed by atoms with van der Waals surface area (Å²) in [5, 5.41) is 8.98. The fourth-order valence-electron chi connectivity index (χ4n) is 3.84. The Balaban J connectivity index is 1.51. The zero-order valence-electron chi connectivity index (χ0n) is 16.6. The molecule has 4 aromatic rings. The second kappa shape index (κ2) is 7.47. The van der Waals surface area contributed by atoms with Gasteiger partial charge in [0, 0.05) is 18.2 Å². The Morgan fingerprint density at radius 2 is 1.81 bits per heavy atom. The molecular formula is C22H18ClN5O2S. The summed E-state index contributed by atoms with van der Waals surface area (Å²) in [5.74, 6) is 1.70. The Morgan fingerprint density at radius 3 is 2.61 bits per heavy atom. The minimum absolute atomic E-state index is 0.192. The second-order valence-electron chi connectivity index (χ2n) is 7.35. The van der Waals surface area contributed by atoms with Crippen molar-refractivity contribution >= 4 is 27.3 Å². The number of aryl methyl sites for hydroxylation is 3. The Bertz CT molecular complexity index is 1400. The molecule has 0 saturated carbocycles. The monoisotopic (exact) mass is 451 g/mol. The van der Waals surface area contributed by atoms with Gasteiger partial charge < -0.3 is 0 Å². The van der Waals surface area contributed by atoms with Gasteiger partial charge in [-0.3, -0.25) is 14.3 Å². The summed E-state index contributed by atoms with van der Waals surface area (Å²) in [4.78, 5) is 4.42. The molecule has 0 unspecified atom stereocenters. The molecule has 3 heterocycles. The van der Waals surface area contributed by atoms with Crippen molar-refractivity contribution in [2.45, 2.75) is 24.7 Å². The van der Waals surface area contributed by atoms with Gasteiger partial charge in [0.25, 0.3) is 10.0 Å². The van der Waals surface area contributed by atoms with E-state index in [0.717, 1.165) is 46.9 Å². The van der Waals surface area contributed by atoms with Gasteiger partial charge in [-0.15, -0.1) is 10.2 Å². The second-order valence-corrected chi connectivity index (χ2v) is 9.44. The van der Waals surface area contributed by atoms with E-state index in [2.05, 4.69) is 26.0 Å². The fourth-order valence-corrected chi connectivity index (χ4v) is 5.22. The lowest BCUT2D eigenvalue weighted by molar-refractivity contribution is 0.601. The molecule has 5 rings (SSSR count). The standard InChI is InChI=1S/C22H18ClN5O2S/c1-14-25-26-21-8-7-15-9-16(11-20(23)22(15)28(14)21)17-10-18(13-24-12-17)27-31(29,30)19-5-3-2-4-6-19/h2-6,9-13,27H,7-8H2,1H3. The average molecular weight is 452 g/mol. The minimum Gasteiger partial charge on any atom is -0.281 e. The molecular weight excluding hydrogens is 434 g/mol. The Hall–Kier alpha value is -3.23. The van der Waals surface area contributed by atoms with E-state index in [1.54, 1.807) is 42.6 Å². The van der Waals surface area contributed by atoms with Crippen molar-refractivity contribution in [3.63, 3.8) is 0 Å². The molecule has 0 saturated heterocycles. The van der Waals surface area contributed by atoms with Crippen molar-refractivity contribution < 1.29 is 8.42 Å². The highest BCUT2D eigenvalue weighted by atomic mass is 35.5. The van der Waals surface area contributed by atoms with E-state index >= 15 is 0 Å². The number of aromatic nitrogens is 4. The molecule has 7 nitrogen and oxygen atoms in total. The van der Waals surface area contributed by atoms with Crippen LogP contribution < -0.4 is 4.72 Å². The van der Waals surface area contributed by atoms with Crippen LogP contribution in [-0.4, -0.2) is 28.2 Å². The van der Waals surface area contributed by atoms with Gasteiger partial charge in [0.05, 0.1) is 27.5 Å². The molecule has 156 valence electrons. The molecule has 0 atom stereocenters. The van der Waals surface area contributed by atoms with Gasteiger partial charge in [0.2, 0.25) is 0 Å². The number of fused-ring (bicyclic) bond motifs is 3. The number of rotatable bonds is 4. The van der Waals surface area contributed by atoms with Crippen LogP contribution in [0.4, 0.5) is 5.69 Å². The highest BCUT2D eigenvalue weighted by molar-refractivity contribution is 7.92. The van der Waals surface area contributed by atoms with Gasteiger partial charge in [-0.05, 0) is 54.8 Å². The number of nitrogens with one attached hydrogen (secondary N) is 1. The molecule has 0 bridgehead atoms. The van der Waals surface area contributed by atoms with E-state index in [4.69, 9.17) is 11.6 Å². The van der Waals surface area contributed by atoms with Crippen molar-refractivity contribution in [3.8, 4) is 16.8 Å². The number of nitrogens with zero attached hydrogens (tertiary/aromatic N) is 4. The lowest BCUT2D eigenvalue weighted by Gasteiger charge is -2.21. The van der Waals surface area contributed by atoms with Crippen LogP contribution in [0.1, 0.15) is 17.2 Å². The smallest absolute Gasteiger partial charge is 0.261 e. The first kappa shape index (κ1) is 19.7. The van der Waals surface area contributed by atoms with Gasteiger partial charge in [-0.2, -0.15) is 0 Å². The van der Waals surface area contributed by atoms with Crippen LogP contribution in [0.3, 0.4) is 0 Å². The Morgan fingerprint density at radius 1 is 1.00 bits per heavy atom. The molecule has 0 aliphatic carbocycles. The van der Waals surface area contributed by atoms with Gasteiger partial charge >= 0.3 is 0 Å². The summed E-state index contributed by atoms with van der Waals surface area (Å²) in [7, 11) is -3.70. The van der Waals surface area contributed by atoms with E-state index in [0.29, 0.717) is 10.7 Å². The third kappa shape index (κ3) is 3.58. The van der Waals surface area contributed by atoms with Gasteiger partial charge in [0.15, 0.2) is 0 Å². The largest absolute Gasteiger partial charge is 0.281 e. The molecule has 2 aromatic carbocycles. The Kier molecular flexibility index (Phi) is 4.75. The molecule has 31 heavy (non-hydrogen) atoms. The third-order valence-corrected chi connectivity index (χ3v) is 6.94. The highest BCUT2D eigenvalue weighted by Crippen LogP contribution is 2.36. The number of hydrogen-bond donors (Lipinski definition) is 1. The van der Waals surface area contributed by atoms with Crippen molar-refractivity contribution in [2.24, 2.45) is 0 Å². The van der Waals surface area contributed by atoms with Gasteiger partial charge in [-0.1, -0.05) is 29.8 Å². The number of sulfonamides is 1. The molecule has 9 heteroatoms. The van der Waals surface area contributed by atoms with Gasteiger partial charge in [0.1, 0.15) is 11.6 Å². The zero-order chi connectivity index (χ0) is 21.6. The van der Waals surface area contributed by atoms with Crippen molar-refractivity contribution in [1.82, 2.24) is 19.7 Å². The number of pyridine rings is 1. The predicted octanol–water partition coefficient (Wildman–Crippen LogP) is 4.19. The summed E-state index contributed by atoms with van der Waals surface area (Å²) >= 11 is 6.67. The van der Waals surface area contributed by atoms with Crippen LogP contribution in [0, 0.1) is 6.92 Å². The first-order chi connectivity index (χ1) is 14.9. The quantitative estimate of drug-likeness (QED) is 0.502. The predicted molar refractivity (Wildman–Crippen MR) is 119 cm³/mol. The summed E-state index contributed by atoms with van der Waals surface area (Å²) < 4.78 is 29.9. The normalized spacial score (nSPS) is 12.8. The first-order valence-corrected chi connectivity index (χ1v) is 11.6. The maximum absolute atomic E-state index is 12.6. The molecule has 1 aliphatic rings. The number of anilines is 1. The topological polar surface area (TPSA) is 89.8 Å². The van der Waals surface area contributed by atoms with Crippen LogP contribution in [0.15, 0.2) is 65.8 Å². The molecule has 0 spiro atoms. The van der Waals surface area contributed by atoms with Crippen LogP contribution in [-0.2, 0) is 22.9 Å². The fraction of sp³-hybridized carbons (Fsp3) is 0.136. The van der Waals surface area contributed by atoms with Crippen LogP contribution in [0.5, 0.6) is 0 Å². The summed E-state index contributed by atoms with van der Waals surface area (Å²) in [6.45, 7) is 1.90. The van der Waals surface area contributed by atoms with Crippen LogP contribution >= 0.6 is 11.6 Å². The molecule has 1 aliphatic heterocycles. The van der Waals surface area contributed by atoms with Gasteiger partial charge in [-0.25, -0.2) is 8.42 Å². The number of hydrogen-bond acceptors (Lipinski definition) is 5.